The normalized spacial score (nSPS) is 18.5. The minimum atomic E-state index is -3.72. The smallest absolute Gasteiger partial charge is 0.328 e. The van der Waals surface area contributed by atoms with E-state index in [-0.39, 0.29) is 26.2 Å². The summed E-state index contributed by atoms with van der Waals surface area (Å²) in [5, 5.41) is 13.3. The molecule has 17 heavy (non-hydrogen) atoms. The predicted molar refractivity (Wildman–Crippen MR) is 58.0 cm³/mol. The summed E-state index contributed by atoms with van der Waals surface area (Å²) in [5.74, 6) is -1.66. The van der Waals surface area contributed by atoms with Crippen LogP contribution < -0.4 is 5.14 Å². The van der Waals surface area contributed by atoms with E-state index in [0.717, 1.165) is 16.5 Å². The molecule has 1 saturated heterocycles. The molecular formula is C8H13N3O5S. The number of aliphatic carboxylic acids is 1. The Hall–Kier alpha value is -1.45. The fraction of sp³-hybridized carbons (Fsp3) is 0.500. The quantitative estimate of drug-likeness (QED) is 0.569. The molecule has 1 amide bonds. The molecule has 96 valence electrons. The second-order valence-corrected chi connectivity index (χ2v) is 4.99. The summed E-state index contributed by atoms with van der Waals surface area (Å²) in [7, 11) is -3.72. The van der Waals surface area contributed by atoms with Crippen LogP contribution in [0, 0.1) is 0 Å². The van der Waals surface area contributed by atoms with Crippen molar-refractivity contribution in [2.75, 3.05) is 26.2 Å². The summed E-state index contributed by atoms with van der Waals surface area (Å²) < 4.78 is 23.0. The van der Waals surface area contributed by atoms with Crippen molar-refractivity contribution in [3.05, 3.63) is 12.2 Å². The van der Waals surface area contributed by atoms with Crippen LogP contribution in [0.5, 0.6) is 0 Å². The van der Waals surface area contributed by atoms with Gasteiger partial charge in [-0.2, -0.15) is 12.7 Å². The minimum Gasteiger partial charge on any atom is -0.478 e. The highest BCUT2D eigenvalue weighted by Crippen LogP contribution is 2.05. The number of amides is 1. The Kier molecular flexibility index (Phi) is 4.21. The van der Waals surface area contributed by atoms with Gasteiger partial charge in [0.15, 0.2) is 0 Å². The fourth-order valence-corrected chi connectivity index (χ4v) is 2.08. The monoisotopic (exact) mass is 263 g/mol. The maximum atomic E-state index is 11.4. The van der Waals surface area contributed by atoms with Crippen LogP contribution in [0.1, 0.15) is 0 Å². The summed E-state index contributed by atoms with van der Waals surface area (Å²) in [4.78, 5) is 23.0. The number of nitrogens with two attached hydrogens (primary N) is 1. The Morgan fingerprint density at radius 1 is 1.12 bits per heavy atom. The zero-order valence-corrected chi connectivity index (χ0v) is 9.76. The second kappa shape index (κ2) is 5.25. The zero-order chi connectivity index (χ0) is 13.1. The third-order valence-corrected chi connectivity index (χ3v) is 3.36. The van der Waals surface area contributed by atoms with Gasteiger partial charge < -0.3 is 10.0 Å². The van der Waals surface area contributed by atoms with Gasteiger partial charge in [0, 0.05) is 38.3 Å². The topological polar surface area (TPSA) is 121 Å². The van der Waals surface area contributed by atoms with E-state index in [0.29, 0.717) is 0 Å². The first-order chi connectivity index (χ1) is 7.80. The van der Waals surface area contributed by atoms with Crippen LogP contribution in [-0.2, 0) is 19.8 Å². The minimum absolute atomic E-state index is 0.117. The van der Waals surface area contributed by atoms with E-state index in [1.807, 2.05) is 0 Å². The lowest BCUT2D eigenvalue weighted by molar-refractivity contribution is -0.132. The highest BCUT2D eigenvalue weighted by molar-refractivity contribution is 7.86. The van der Waals surface area contributed by atoms with Crippen LogP contribution in [-0.4, -0.2) is 60.8 Å². The van der Waals surface area contributed by atoms with Gasteiger partial charge >= 0.3 is 5.97 Å². The Labute approximate surface area is 98.5 Å². The molecule has 0 unspecified atom stereocenters. The van der Waals surface area contributed by atoms with Crippen LogP contribution in [0.2, 0.25) is 0 Å². The van der Waals surface area contributed by atoms with Crippen LogP contribution in [0.3, 0.4) is 0 Å². The van der Waals surface area contributed by atoms with Crippen LogP contribution >= 0.6 is 0 Å². The summed E-state index contributed by atoms with van der Waals surface area (Å²) in [6.07, 6.45) is 1.68. The molecule has 0 aromatic carbocycles. The Morgan fingerprint density at radius 2 is 1.65 bits per heavy atom. The molecule has 9 heteroatoms. The standard InChI is InChI=1S/C8H13N3O5S/c9-17(15,16)11-5-3-10(4-6-11)7(12)1-2-8(13)14/h1-2H,3-6H2,(H,13,14)(H2,9,15,16)/b2-1+. The molecule has 0 atom stereocenters. The zero-order valence-electron chi connectivity index (χ0n) is 8.94. The van der Waals surface area contributed by atoms with Crippen molar-refractivity contribution in [1.29, 1.82) is 0 Å². The molecule has 0 spiro atoms. The Morgan fingerprint density at radius 3 is 2.06 bits per heavy atom. The molecule has 1 heterocycles. The SMILES string of the molecule is NS(=O)(=O)N1CCN(C(=O)/C=C/C(=O)O)CC1. The highest BCUT2D eigenvalue weighted by Gasteiger charge is 2.25. The second-order valence-electron chi connectivity index (χ2n) is 3.44. The van der Waals surface area contributed by atoms with E-state index in [1.54, 1.807) is 0 Å². The maximum Gasteiger partial charge on any atom is 0.328 e. The van der Waals surface area contributed by atoms with Gasteiger partial charge in [-0.25, -0.2) is 9.93 Å². The van der Waals surface area contributed by atoms with Gasteiger partial charge in [-0.15, -0.1) is 0 Å². The first-order valence-electron chi connectivity index (χ1n) is 4.78. The predicted octanol–water partition coefficient (Wildman–Crippen LogP) is -2.03. The average molecular weight is 263 g/mol. The highest BCUT2D eigenvalue weighted by atomic mass is 32.2. The number of hydrogen-bond acceptors (Lipinski definition) is 4. The summed E-state index contributed by atoms with van der Waals surface area (Å²) in [6, 6.07) is 0. The third kappa shape index (κ3) is 4.13. The van der Waals surface area contributed by atoms with Crippen molar-refractivity contribution >= 4 is 22.1 Å². The van der Waals surface area contributed by atoms with Gasteiger partial charge in [0.05, 0.1) is 0 Å². The third-order valence-electron chi connectivity index (χ3n) is 2.28. The number of piperazine rings is 1. The molecule has 0 aromatic rings. The lowest BCUT2D eigenvalue weighted by Crippen LogP contribution is -2.51. The van der Waals surface area contributed by atoms with Crippen LogP contribution in [0.4, 0.5) is 0 Å². The molecule has 0 radical (unpaired) electrons. The van der Waals surface area contributed by atoms with Gasteiger partial charge in [0.25, 0.3) is 10.2 Å². The van der Waals surface area contributed by atoms with Crippen molar-refractivity contribution in [2.24, 2.45) is 5.14 Å². The van der Waals surface area contributed by atoms with Crippen molar-refractivity contribution in [1.82, 2.24) is 9.21 Å². The molecule has 1 rings (SSSR count). The van der Waals surface area contributed by atoms with Gasteiger partial charge in [-0.3, -0.25) is 4.79 Å². The van der Waals surface area contributed by atoms with Gasteiger partial charge in [0.1, 0.15) is 0 Å². The summed E-state index contributed by atoms with van der Waals surface area (Å²) in [5.41, 5.74) is 0. The molecule has 0 aliphatic carbocycles. The van der Waals surface area contributed by atoms with Crippen molar-refractivity contribution in [3.8, 4) is 0 Å². The first-order valence-corrected chi connectivity index (χ1v) is 6.29. The molecule has 0 saturated carbocycles. The van der Waals surface area contributed by atoms with Gasteiger partial charge in [0.2, 0.25) is 5.91 Å². The van der Waals surface area contributed by atoms with E-state index in [1.165, 1.54) is 4.90 Å². The fourth-order valence-electron chi connectivity index (χ4n) is 1.41. The number of carbonyl (C=O) groups is 2. The molecule has 1 aliphatic rings. The maximum absolute atomic E-state index is 11.4. The summed E-state index contributed by atoms with van der Waals surface area (Å²) >= 11 is 0. The first kappa shape index (κ1) is 13.6. The van der Waals surface area contributed by atoms with Crippen molar-refractivity contribution in [3.63, 3.8) is 0 Å². The molecular weight excluding hydrogens is 250 g/mol. The van der Waals surface area contributed by atoms with Gasteiger partial charge in [-0.1, -0.05) is 0 Å². The van der Waals surface area contributed by atoms with Crippen LogP contribution in [0.15, 0.2) is 12.2 Å². The number of carboxylic acids is 1. The number of carboxylic acid groups (broad SMARTS) is 1. The Balaban J connectivity index is 2.53. The largest absolute Gasteiger partial charge is 0.478 e. The van der Waals surface area contributed by atoms with Crippen molar-refractivity contribution < 1.29 is 23.1 Å². The molecule has 1 aliphatic heterocycles. The number of rotatable bonds is 3. The number of carbonyl (C=O) groups excluding carboxylic acids is 1. The molecule has 8 nitrogen and oxygen atoms in total. The van der Waals surface area contributed by atoms with Crippen LogP contribution in [0.25, 0.3) is 0 Å². The van der Waals surface area contributed by atoms with E-state index >= 15 is 0 Å². The lowest BCUT2D eigenvalue weighted by Gasteiger charge is -2.32. The summed E-state index contributed by atoms with van der Waals surface area (Å²) in [6.45, 7) is 0.620. The average Bonchev–Trinajstić information content (AvgIpc) is 2.25. The van der Waals surface area contributed by atoms with Gasteiger partial charge in [-0.05, 0) is 0 Å². The number of nitrogens with zero attached hydrogens (tertiary/aromatic N) is 2. The molecule has 1 fully saturated rings. The number of hydrogen-bond donors (Lipinski definition) is 2. The lowest BCUT2D eigenvalue weighted by atomic mass is 10.3. The van der Waals surface area contributed by atoms with E-state index in [4.69, 9.17) is 10.2 Å². The Bertz CT molecular complexity index is 436. The van der Waals surface area contributed by atoms with E-state index in [2.05, 4.69) is 0 Å². The van der Waals surface area contributed by atoms with E-state index < -0.39 is 22.1 Å². The molecule has 0 aromatic heterocycles. The molecule has 3 N–H and O–H groups in total. The van der Waals surface area contributed by atoms with E-state index in [9.17, 15) is 18.0 Å². The molecule has 0 bridgehead atoms. The van der Waals surface area contributed by atoms with Crippen molar-refractivity contribution in [2.45, 2.75) is 0 Å².